The number of halogens is 3. The molecule has 0 aromatic heterocycles. The zero-order valence-corrected chi connectivity index (χ0v) is 19.3. The molecule has 0 radical (unpaired) electrons. The van der Waals surface area contributed by atoms with Gasteiger partial charge in [-0.05, 0) is 44.7 Å². The molecule has 1 aromatic rings. The molecule has 158 valence electrons. The second-order valence-electron chi connectivity index (χ2n) is 7.05. The summed E-state index contributed by atoms with van der Waals surface area (Å²) < 4.78 is 25.2. The molecule has 3 unspecified atom stereocenters. The van der Waals surface area contributed by atoms with Crippen LogP contribution in [0, 0.1) is 5.82 Å². The highest BCUT2D eigenvalue weighted by Gasteiger charge is 2.41. The summed E-state index contributed by atoms with van der Waals surface area (Å²) in [4.78, 5) is 4.59. The Morgan fingerprint density at radius 3 is 3.00 bits per heavy atom. The van der Waals surface area contributed by atoms with Gasteiger partial charge in [-0.15, -0.1) is 24.0 Å². The molecule has 1 aliphatic carbocycles. The molecule has 1 saturated heterocycles. The molecular formula is C20H30ClFIN3O2. The summed E-state index contributed by atoms with van der Waals surface area (Å²) in [5, 5.41) is 7.12. The fourth-order valence-corrected chi connectivity index (χ4v) is 3.69. The lowest BCUT2D eigenvalue weighted by molar-refractivity contribution is 0.0171. The highest BCUT2D eigenvalue weighted by atomic mass is 127. The standard InChI is InChI=1S/C20H29ClFN3O2.HI/c1-2-23-20(24-9-5-10-26-13-14-6-4-11-27-14)25-18-12-15(18)19-16(21)7-3-8-17(19)22;/h3,7-8,14-15,18H,2,4-6,9-13H2,1H3,(H2,23,24,25);1H. The van der Waals surface area contributed by atoms with E-state index in [2.05, 4.69) is 15.6 Å². The number of hydrogen-bond acceptors (Lipinski definition) is 3. The summed E-state index contributed by atoms with van der Waals surface area (Å²) >= 11 is 6.17. The number of nitrogens with zero attached hydrogens (tertiary/aromatic N) is 1. The van der Waals surface area contributed by atoms with Crippen molar-refractivity contribution >= 4 is 41.5 Å². The van der Waals surface area contributed by atoms with Crippen LogP contribution in [0.15, 0.2) is 23.2 Å². The van der Waals surface area contributed by atoms with Gasteiger partial charge in [0.1, 0.15) is 5.82 Å². The first kappa shape index (κ1) is 23.6. The van der Waals surface area contributed by atoms with E-state index in [9.17, 15) is 4.39 Å². The number of benzene rings is 1. The zero-order chi connectivity index (χ0) is 19.1. The average molecular weight is 526 g/mol. The van der Waals surface area contributed by atoms with Crippen molar-refractivity contribution in [3.05, 3.63) is 34.6 Å². The minimum atomic E-state index is -0.234. The first-order chi connectivity index (χ1) is 13.2. The summed E-state index contributed by atoms with van der Waals surface area (Å²) in [5.74, 6) is 0.621. The van der Waals surface area contributed by atoms with Crippen molar-refractivity contribution in [3.63, 3.8) is 0 Å². The molecule has 1 aromatic carbocycles. The highest BCUT2D eigenvalue weighted by Crippen LogP contribution is 2.44. The summed E-state index contributed by atoms with van der Waals surface area (Å²) in [7, 11) is 0. The van der Waals surface area contributed by atoms with E-state index in [1.807, 2.05) is 6.92 Å². The summed E-state index contributed by atoms with van der Waals surface area (Å²) in [6.45, 7) is 5.70. The lowest BCUT2D eigenvalue weighted by Gasteiger charge is -2.12. The van der Waals surface area contributed by atoms with Crippen LogP contribution >= 0.6 is 35.6 Å². The number of nitrogens with one attached hydrogen (secondary N) is 2. The lowest BCUT2D eigenvalue weighted by Crippen LogP contribution is -2.39. The Bertz CT molecular complexity index is 624. The van der Waals surface area contributed by atoms with Crippen LogP contribution in [0.2, 0.25) is 5.02 Å². The number of rotatable bonds is 9. The molecule has 28 heavy (non-hydrogen) atoms. The third kappa shape index (κ3) is 7.00. The van der Waals surface area contributed by atoms with Crippen LogP contribution in [0.5, 0.6) is 0 Å². The second kappa shape index (κ2) is 12.1. The van der Waals surface area contributed by atoms with Gasteiger partial charge in [0.15, 0.2) is 5.96 Å². The average Bonchev–Trinajstić information content (AvgIpc) is 3.17. The Morgan fingerprint density at radius 2 is 2.29 bits per heavy atom. The second-order valence-corrected chi connectivity index (χ2v) is 7.46. The van der Waals surface area contributed by atoms with E-state index in [0.29, 0.717) is 30.3 Å². The van der Waals surface area contributed by atoms with Crippen molar-refractivity contribution in [2.75, 3.05) is 32.9 Å². The van der Waals surface area contributed by atoms with E-state index in [1.165, 1.54) is 6.07 Å². The highest BCUT2D eigenvalue weighted by molar-refractivity contribution is 14.0. The minimum Gasteiger partial charge on any atom is -0.379 e. The quantitative estimate of drug-likeness (QED) is 0.221. The molecule has 1 heterocycles. The molecule has 3 rings (SSSR count). The van der Waals surface area contributed by atoms with E-state index >= 15 is 0 Å². The Kier molecular flexibility index (Phi) is 10.3. The van der Waals surface area contributed by atoms with Gasteiger partial charge in [0.05, 0.1) is 12.7 Å². The van der Waals surface area contributed by atoms with Crippen molar-refractivity contribution < 1.29 is 13.9 Å². The summed E-state index contributed by atoms with van der Waals surface area (Å²) in [6.07, 6.45) is 4.22. The molecule has 1 saturated carbocycles. The van der Waals surface area contributed by atoms with Gasteiger partial charge < -0.3 is 20.1 Å². The summed E-state index contributed by atoms with van der Waals surface area (Å²) in [5.41, 5.74) is 0.607. The Hall–Kier alpha value is -0.640. The normalized spacial score (nSPS) is 24.0. The number of ether oxygens (including phenoxy) is 2. The van der Waals surface area contributed by atoms with E-state index < -0.39 is 0 Å². The number of guanidine groups is 1. The van der Waals surface area contributed by atoms with Gasteiger partial charge in [-0.25, -0.2) is 4.39 Å². The smallest absolute Gasteiger partial charge is 0.191 e. The molecule has 8 heteroatoms. The van der Waals surface area contributed by atoms with Crippen LogP contribution in [0.25, 0.3) is 0 Å². The Labute approximate surface area is 188 Å². The van der Waals surface area contributed by atoms with E-state index in [1.54, 1.807) is 12.1 Å². The number of hydrogen-bond donors (Lipinski definition) is 2. The van der Waals surface area contributed by atoms with Gasteiger partial charge in [-0.1, -0.05) is 17.7 Å². The molecule has 3 atom stereocenters. The number of aliphatic imine (C=N–C) groups is 1. The zero-order valence-electron chi connectivity index (χ0n) is 16.3. The van der Waals surface area contributed by atoms with Gasteiger partial charge in [-0.3, -0.25) is 4.99 Å². The fourth-order valence-electron chi connectivity index (χ4n) is 3.38. The molecule has 2 N–H and O–H groups in total. The van der Waals surface area contributed by atoms with Crippen LogP contribution in [-0.4, -0.2) is 51.0 Å². The molecule has 2 fully saturated rings. The minimum absolute atomic E-state index is 0. The predicted octanol–water partition coefficient (Wildman–Crippen LogP) is 4.09. The van der Waals surface area contributed by atoms with Crippen LogP contribution in [0.3, 0.4) is 0 Å². The molecule has 5 nitrogen and oxygen atoms in total. The van der Waals surface area contributed by atoms with Crippen LogP contribution in [-0.2, 0) is 9.47 Å². The monoisotopic (exact) mass is 525 g/mol. The largest absolute Gasteiger partial charge is 0.379 e. The van der Waals surface area contributed by atoms with Crippen molar-refractivity contribution in [2.24, 2.45) is 4.99 Å². The van der Waals surface area contributed by atoms with Crippen LogP contribution < -0.4 is 10.6 Å². The van der Waals surface area contributed by atoms with Gasteiger partial charge in [0, 0.05) is 48.8 Å². The Morgan fingerprint density at radius 1 is 1.43 bits per heavy atom. The predicted molar refractivity (Wildman–Crippen MR) is 121 cm³/mol. The van der Waals surface area contributed by atoms with Gasteiger partial charge in [0.2, 0.25) is 0 Å². The van der Waals surface area contributed by atoms with Crippen molar-refractivity contribution in [2.45, 2.75) is 50.7 Å². The first-order valence-electron chi connectivity index (χ1n) is 9.87. The molecule has 1 aliphatic heterocycles. The van der Waals surface area contributed by atoms with Gasteiger partial charge >= 0.3 is 0 Å². The van der Waals surface area contributed by atoms with E-state index in [-0.39, 0.29) is 47.9 Å². The van der Waals surface area contributed by atoms with Crippen LogP contribution in [0.4, 0.5) is 4.39 Å². The van der Waals surface area contributed by atoms with Gasteiger partial charge in [-0.2, -0.15) is 0 Å². The molecule has 0 amide bonds. The van der Waals surface area contributed by atoms with E-state index in [0.717, 1.165) is 44.8 Å². The van der Waals surface area contributed by atoms with E-state index in [4.69, 9.17) is 21.1 Å². The molecule has 0 spiro atoms. The summed E-state index contributed by atoms with van der Waals surface area (Å²) in [6, 6.07) is 5.00. The van der Waals surface area contributed by atoms with Crippen LogP contribution in [0.1, 0.15) is 44.1 Å². The third-order valence-corrected chi connectivity index (χ3v) is 5.20. The van der Waals surface area contributed by atoms with Crippen molar-refractivity contribution in [1.82, 2.24) is 10.6 Å². The lowest BCUT2D eigenvalue weighted by atomic mass is 10.1. The third-order valence-electron chi connectivity index (χ3n) is 4.87. The van der Waals surface area contributed by atoms with Crippen molar-refractivity contribution in [1.29, 1.82) is 0 Å². The maximum Gasteiger partial charge on any atom is 0.191 e. The first-order valence-corrected chi connectivity index (χ1v) is 10.2. The Balaban J connectivity index is 0.00000280. The molecule has 2 aliphatic rings. The fraction of sp³-hybridized carbons (Fsp3) is 0.650. The molecular weight excluding hydrogens is 496 g/mol. The maximum atomic E-state index is 14.1. The van der Waals surface area contributed by atoms with Gasteiger partial charge in [0.25, 0.3) is 0 Å². The topological polar surface area (TPSA) is 54.9 Å². The van der Waals surface area contributed by atoms with Crippen molar-refractivity contribution in [3.8, 4) is 0 Å². The maximum absolute atomic E-state index is 14.1. The molecule has 0 bridgehead atoms. The SMILES string of the molecule is CCNC(=NCCCOCC1CCCO1)NC1CC1c1c(F)cccc1Cl.I.